The van der Waals surface area contributed by atoms with Gasteiger partial charge in [0.15, 0.2) is 23.0 Å². The third-order valence-electron chi connectivity index (χ3n) is 4.28. The van der Waals surface area contributed by atoms with Gasteiger partial charge in [-0.3, -0.25) is 0 Å². The minimum atomic E-state index is 0.274. The van der Waals surface area contributed by atoms with Gasteiger partial charge in [-0.05, 0) is 29.8 Å². The van der Waals surface area contributed by atoms with Crippen molar-refractivity contribution in [1.82, 2.24) is 0 Å². The molecule has 0 heterocycles. The summed E-state index contributed by atoms with van der Waals surface area (Å²) in [5, 5.41) is 0. The first-order chi connectivity index (χ1) is 15.1. The lowest BCUT2D eigenvalue weighted by atomic mass is 10.1. The van der Waals surface area contributed by atoms with Crippen molar-refractivity contribution in [3.63, 3.8) is 0 Å². The van der Waals surface area contributed by atoms with E-state index in [9.17, 15) is 0 Å². The van der Waals surface area contributed by atoms with Crippen molar-refractivity contribution >= 4 is 6.08 Å². The van der Waals surface area contributed by atoms with Crippen LogP contribution in [0.5, 0.6) is 34.5 Å². The van der Waals surface area contributed by atoms with E-state index in [1.165, 1.54) is 0 Å². The van der Waals surface area contributed by atoms with E-state index in [1.807, 2.05) is 24.3 Å². The van der Waals surface area contributed by atoms with Gasteiger partial charge in [-0.2, -0.15) is 0 Å². The number of benzene rings is 2. The molecule has 0 saturated heterocycles. The smallest absolute Gasteiger partial charge is 0.203 e. The molecular weight excluding hydrogens is 400 g/mol. The number of hydrogen-bond donors (Lipinski definition) is 0. The Hall–Kier alpha value is -3.50. The first-order valence-electron chi connectivity index (χ1n) is 9.44. The summed E-state index contributed by atoms with van der Waals surface area (Å²) in [4.78, 5) is 0. The van der Waals surface area contributed by atoms with Crippen LogP contribution in [0, 0.1) is 11.8 Å². The molecule has 0 amide bonds. The van der Waals surface area contributed by atoms with Crippen LogP contribution in [0.1, 0.15) is 11.1 Å². The molecule has 0 bridgehead atoms. The Labute approximate surface area is 183 Å². The van der Waals surface area contributed by atoms with Crippen LogP contribution in [0.25, 0.3) is 6.08 Å². The highest BCUT2D eigenvalue weighted by molar-refractivity contribution is 5.62. The first kappa shape index (κ1) is 23.8. The Morgan fingerprint density at radius 2 is 1.16 bits per heavy atom. The number of hydrogen-bond acceptors (Lipinski definition) is 7. The lowest BCUT2D eigenvalue weighted by molar-refractivity contribution is 0.199. The fraction of sp³-hybridized carbons (Fsp3) is 0.333. The van der Waals surface area contributed by atoms with Gasteiger partial charge in [-0.25, -0.2) is 0 Å². The maximum absolute atomic E-state index is 5.56. The third kappa shape index (κ3) is 6.24. The third-order valence-corrected chi connectivity index (χ3v) is 4.28. The first-order valence-corrected chi connectivity index (χ1v) is 9.44. The molecule has 0 radical (unpaired) electrons. The molecule has 0 aliphatic heterocycles. The van der Waals surface area contributed by atoms with E-state index in [0.717, 1.165) is 11.1 Å². The van der Waals surface area contributed by atoms with Crippen LogP contribution in [0.3, 0.4) is 0 Å². The summed E-state index contributed by atoms with van der Waals surface area (Å²) in [5.41, 5.74) is 1.65. The van der Waals surface area contributed by atoms with Crippen molar-refractivity contribution in [2.24, 2.45) is 0 Å². The Morgan fingerprint density at radius 3 is 1.61 bits per heavy atom. The number of ether oxygens (including phenoxy) is 7. The maximum atomic E-state index is 5.56. The zero-order valence-electron chi connectivity index (χ0n) is 18.7. The Bertz CT molecular complexity index is 904. The van der Waals surface area contributed by atoms with Crippen LogP contribution in [0.4, 0.5) is 0 Å². The Balaban J connectivity index is 1.97. The lowest BCUT2D eigenvalue weighted by Gasteiger charge is -2.12. The minimum Gasteiger partial charge on any atom is -0.493 e. The fourth-order valence-corrected chi connectivity index (χ4v) is 2.85. The highest BCUT2D eigenvalue weighted by Gasteiger charge is 2.13. The molecule has 0 N–H and O–H groups in total. The molecule has 0 atom stereocenters. The van der Waals surface area contributed by atoms with Crippen molar-refractivity contribution < 1.29 is 33.2 Å². The topological polar surface area (TPSA) is 64.6 Å². The molecule has 2 aromatic carbocycles. The average Bonchev–Trinajstić information content (AvgIpc) is 2.81. The predicted octanol–water partition coefficient (Wildman–Crippen LogP) is 3.82. The monoisotopic (exact) mass is 428 g/mol. The zero-order valence-corrected chi connectivity index (χ0v) is 18.7. The molecule has 0 spiro atoms. The lowest BCUT2D eigenvalue weighted by Crippen LogP contribution is -1.96. The van der Waals surface area contributed by atoms with Gasteiger partial charge in [0.05, 0.1) is 49.3 Å². The van der Waals surface area contributed by atoms with Crippen molar-refractivity contribution in [3.8, 4) is 46.3 Å². The number of methoxy groups -OCH3 is 6. The van der Waals surface area contributed by atoms with Crippen LogP contribution in [-0.2, 0) is 4.74 Å². The molecule has 0 aliphatic rings. The van der Waals surface area contributed by atoms with Crippen molar-refractivity contribution in [2.45, 2.75) is 0 Å². The van der Waals surface area contributed by atoms with Crippen molar-refractivity contribution in [2.75, 3.05) is 55.9 Å². The van der Waals surface area contributed by atoms with Gasteiger partial charge in [0, 0.05) is 5.56 Å². The Morgan fingerprint density at radius 1 is 0.677 bits per heavy atom. The largest absolute Gasteiger partial charge is 0.493 e. The highest BCUT2D eigenvalue weighted by atomic mass is 16.5. The second-order valence-corrected chi connectivity index (χ2v) is 6.09. The fourth-order valence-electron chi connectivity index (χ4n) is 2.85. The standard InChI is InChI=1S/C24H28O7/c1-25-19-13-17(14-20(26-2)23(19)29-5)9-7-11-31-12-8-10-18-15-21(27-3)24(30-6)22(16-18)28-4/h7,9,13-16H,11-12H2,1-6H3/b9-7+. The quantitative estimate of drug-likeness (QED) is 0.421. The average molecular weight is 428 g/mol. The molecule has 0 unspecified atom stereocenters. The zero-order chi connectivity index (χ0) is 22.6. The van der Waals surface area contributed by atoms with E-state index in [2.05, 4.69) is 11.8 Å². The van der Waals surface area contributed by atoms with E-state index in [-0.39, 0.29) is 6.61 Å². The van der Waals surface area contributed by atoms with E-state index in [0.29, 0.717) is 41.1 Å². The summed E-state index contributed by atoms with van der Waals surface area (Å²) >= 11 is 0. The van der Waals surface area contributed by atoms with E-state index < -0.39 is 0 Å². The molecule has 166 valence electrons. The van der Waals surface area contributed by atoms with Gasteiger partial charge >= 0.3 is 0 Å². The van der Waals surface area contributed by atoms with Crippen LogP contribution >= 0.6 is 0 Å². The van der Waals surface area contributed by atoms with E-state index >= 15 is 0 Å². The molecule has 0 saturated carbocycles. The number of rotatable bonds is 10. The van der Waals surface area contributed by atoms with Crippen molar-refractivity contribution in [3.05, 3.63) is 41.5 Å². The second kappa shape index (κ2) is 12.3. The summed E-state index contributed by atoms with van der Waals surface area (Å²) in [7, 11) is 9.44. The van der Waals surface area contributed by atoms with Gasteiger partial charge in [0.1, 0.15) is 6.61 Å². The Kier molecular flexibility index (Phi) is 9.40. The maximum Gasteiger partial charge on any atom is 0.203 e. The normalized spacial score (nSPS) is 10.3. The SMILES string of the molecule is COc1cc(C#CCOC/C=C/c2cc(OC)c(OC)c(OC)c2)cc(OC)c1OC. The highest BCUT2D eigenvalue weighted by Crippen LogP contribution is 2.39. The summed E-state index contributed by atoms with van der Waals surface area (Å²) < 4.78 is 37.6. The van der Waals surface area contributed by atoms with E-state index in [4.69, 9.17) is 33.2 Å². The summed E-state index contributed by atoms with van der Waals surface area (Å²) in [6.45, 7) is 0.677. The van der Waals surface area contributed by atoms with Gasteiger partial charge in [-0.1, -0.05) is 24.0 Å². The summed E-state index contributed by atoms with van der Waals surface area (Å²) in [5.74, 6) is 9.40. The van der Waals surface area contributed by atoms with Crippen molar-refractivity contribution in [1.29, 1.82) is 0 Å². The van der Waals surface area contributed by atoms with Gasteiger partial charge < -0.3 is 33.2 Å². The molecule has 7 nitrogen and oxygen atoms in total. The van der Waals surface area contributed by atoms with Crippen LogP contribution in [0.2, 0.25) is 0 Å². The molecule has 0 aliphatic carbocycles. The van der Waals surface area contributed by atoms with Crippen LogP contribution in [-0.4, -0.2) is 55.9 Å². The molecular formula is C24H28O7. The molecule has 2 rings (SSSR count). The summed E-state index contributed by atoms with van der Waals surface area (Å²) in [6.07, 6.45) is 3.80. The predicted molar refractivity (Wildman–Crippen MR) is 119 cm³/mol. The molecule has 0 aromatic heterocycles. The van der Waals surface area contributed by atoms with Gasteiger partial charge in [0.25, 0.3) is 0 Å². The van der Waals surface area contributed by atoms with Gasteiger partial charge in [0.2, 0.25) is 11.5 Å². The minimum absolute atomic E-state index is 0.274. The van der Waals surface area contributed by atoms with Gasteiger partial charge in [-0.15, -0.1) is 0 Å². The molecule has 7 heteroatoms. The summed E-state index contributed by atoms with van der Waals surface area (Å²) in [6, 6.07) is 7.31. The molecule has 0 fully saturated rings. The second-order valence-electron chi connectivity index (χ2n) is 6.09. The van der Waals surface area contributed by atoms with Crippen LogP contribution in [0.15, 0.2) is 30.3 Å². The van der Waals surface area contributed by atoms with Crippen LogP contribution < -0.4 is 28.4 Å². The molecule has 31 heavy (non-hydrogen) atoms. The van der Waals surface area contributed by atoms with E-state index in [1.54, 1.807) is 54.8 Å². The molecule has 2 aromatic rings.